The van der Waals surface area contributed by atoms with Crippen LogP contribution in [0.2, 0.25) is 5.02 Å². The number of rotatable bonds is 14. The molecule has 0 aliphatic carbocycles. The summed E-state index contributed by atoms with van der Waals surface area (Å²) in [6.45, 7) is 3.24. The van der Waals surface area contributed by atoms with Gasteiger partial charge in [-0.3, -0.25) is 9.59 Å². The van der Waals surface area contributed by atoms with Gasteiger partial charge in [-0.25, -0.2) is 4.79 Å². The lowest BCUT2D eigenvalue weighted by molar-refractivity contribution is -0.124. The molecule has 0 heterocycles. The van der Waals surface area contributed by atoms with E-state index in [2.05, 4.69) is 21.3 Å². The molecule has 0 radical (unpaired) electrons. The average molecular weight is 628 g/mol. The van der Waals surface area contributed by atoms with Gasteiger partial charge in [-0.05, 0) is 65.6 Å². The zero-order valence-electron chi connectivity index (χ0n) is 25.1. The van der Waals surface area contributed by atoms with E-state index in [-0.39, 0.29) is 18.9 Å². The third-order valence-corrected chi connectivity index (χ3v) is 7.37. The second-order valence-electron chi connectivity index (χ2n) is 10.4. The minimum atomic E-state index is -0.934. The minimum absolute atomic E-state index is 0.0288. The molecule has 0 bridgehead atoms. The first-order valence-corrected chi connectivity index (χ1v) is 15.2. The van der Waals surface area contributed by atoms with Crippen LogP contribution in [0, 0.1) is 0 Å². The molecule has 0 aromatic heterocycles. The standard InChI is InChI=1S/C35H38ClN5O4/c1-2-45-30-18-12-24(13-19-30)20-32(41-35(44)40-29-16-14-28(36)15-17-29)34(43)39-23-31(27-6-4-3-5-7-27)33(42)38-22-26-10-8-25(21-37)9-11-26/h3-19,31-32H,2,20-23,37H2,1H3,(H,38,42)(H,39,43)(H2,40,41,44)/t31-,32+/m0/s1. The van der Waals surface area contributed by atoms with Gasteiger partial charge in [0.25, 0.3) is 0 Å². The molecule has 4 aromatic carbocycles. The number of hydrogen-bond acceptors (Lipinski definition) is 5. The Labute approximate surface area is 268 Å². The van der Waals surface area contributed by atoms with Gasteiger partial charge < -0.3 is 31.7 Å². The molecule has 0 unspecified atom stereocenters. The number of carbonyl (C=O) groups excluding carboxylic acids is 3. The molecule has 6 N–H and O–H groups in total. The molecule has 0 fully saturated rings. The highest BCUT2D eigenvalue weighted by atomic mass is 35.5. The Balaban J connectivity index is 1.46. The fourth-order valence-electron chi connectivity index (χ4n) is 4.67. The molecule has 0 aliphatic heterocycles. The fraction of sp³-hybridized carbons (Fsp3) is 0.229. The maximum Gasteiger partial charge on any atom is 0.319 e. The van der Waals surface area contributed by atoms with Crippen molar-refractivity contribution >= 4 is 35.1 Å². The highest BCUT2D eigenvalue weighted by Gasteiger charge is 2.26. The molecule has 0 saturated carbocycles. The number of ether oxygens (including phenoxy) is 1. The van der Waals surface area contributed by atoms with E-state index in [1.807, 2.05) is 85.8 Å². The molecule has 234 valence electrons. The van der Waals surface area contributed by atoms with Gasteiger partial charge in [-0.1, -0.05) is 78.3 Å². The summed E-state index contributed by atoms with van der Waals surface area (Å²) in [6, 6.07) is 29.5. The van der Waals surface area contributed by atoms with Crippen molar-refractivity contribution in [1.29, 1.82) is 0 Å². The van der Waals surface area contributed by atoms with E-state index < -0.39 is 23.9 Å². The average Bonchev–Trinajstić information content (AvgIpc) is 3.06. The van der Waals surface area contributed by atoms with Gasteiger partial charge in [-0.15, -0.1) is 0 Å². The molecule has 0 spiro atoms. The molecule has 4 aromatic rings. The van der Waals surface area contributed by atoms with Crippen molar-refractivity contribution in [3.05, 3.63) is 130 Å². The van der Waals surface area contributed by atoms with Crippen LogP contribution in [-0.2, 0) is 29.1 Å². The molecule has 9 nitrogen and oxygen atoms in total. The molecule has 4 amide bonds. The van der Waals surface area contributed by atoms with Crippen molar-refractivity contribution in [2.24, 2.45) is 5.73 Å². The Morgan fingerprint density at radius 2 is 1.42 bits per heavy atom. The SMILES string of the molecule is CCOc1ccc(C[C@@H](NC(=O)Nc2ccc(Cl)cc2)C(=O)NC[C@H](C(=O)NCc2ccc(CN)cc2)c2ccccc2)cc1. The number of hydrogen-bond donors (Lipinski definition) is 5. The van der Waals surface area contributed by atoms with Crippen LogP contribution < -0.4 is 31.7 Å². The first-order chi connectivity index (χ1) is 21.8. The number of benzene rings is 4. The normalized spacial score (nSPS) is 12.0. The summed E-state index contributed by atoms with van der Waals surface area (Å²) in [5.74, 6) is -0.614. The Hall–Kier alpha value is -4.86. The number of amides is 4. The summed E-state index contributed by atoms with van der Waals surface area (Å²) in [4.78, 5) is 40.0. The van der Waals surface area contributed by atoms with Crippen LogP contribution in [0.15, 0.2) is 103 Å². The van der Waals surface area contributed by atoms with Gasteiger partial charge in [0.2, 0.25) is 11.8 Å². The quantitative estimate of drug-likeness (QED) is 0.132. The van der Waals surface area contributed by atoms with Crippen molar-refractivity contribution in [1.82, 2.24) is 16.0 Å². The van der Waals surface area contributed by atoms with E-state index in [0.717, 1.165) is 22.3 Å². The predicted octanol–water partition coefficient (Wildman–Crippen LogP) is 5.15. The fourth-order valence-corrected chi connectivity index (χ4v) is 4.80. The number of anilines is 1. The number of nitrogens with two attached hydrogens (primary N) is 1. The van der Waals surface area contributed by atoms with Crippen LogP contribution in [0.1, 0.15) is 35.1 Å². The zero-order valence-corrected chi connectivity index (χ0v) is 25.8. The third-order valence-electron chi connectivity index (χ3n) is 7.12. The van der Waals surface area contributed by atoms with Gasteiger partial charge in [0.05, 0.1) is 12.5 Å². The largest absolute Gasteiger partial charge is 0.494 e. The van der Waals surface area contributed by atoms with Crippen molar-refractivity contribution in [3.8, 4) is 5.75 Å². The molecule has 0 saturated heterocycles. The van der Waals surface area contributed by atoms with Gasteiger partial charge in [0, 0.05) is 36.8 Å². The Bertz CT molecular complexity index is 1530. The van der Waals surface area contributed by atoms with Crippen LogP contribution in [0.5, 0.6) is 5.75 Å². The molecule has 45 heavy (non-hydrogen) atoms. The highest BCUT2D eigenvalue weighted by molar-refractivity contribution is 6.30. The van der Waals surface area contributed by atoms with Gasteiger partial charge in [0.15, 0.2) is 0 Å². The molecule has 4 rings (SSSR count). The Kier molecular flexibility index (Phi) is 12.4. The van der Waals surface area contributed by atoms with Crippen LogP contribution >= 0.6 is 11.6 Å². The Morgan fingerprint density at radius 1 is 0.778 bits per heavy atom. The number of nitrogens with one attached hydrogen (secondary N) is 4. The molecule has 10 heteroatoms. The van der Waals surface area contributed by atoms with E-state index in [9.17, 15) is 14.4 Å². The van der Waals surface area contributed by atoms with E-state index in [1.165, 1.54) is 0 Å². The van der Waals surface area contributed by atoms with E-state index >= 15 is 0 Å². The topological polar surface area (TPSA) is 135 Å². The molecular weight excluding hydrogens is 590 g/mol. The van der Waals surface area contributed by atoms with Crippen molar-refractivity contribution in [2.75, 3.05) is 18.5 Å². The zero-order chi connectivity index (χ0) is 32.0. The summed E-state index contributed by atoms with van der Waals surface area (Å²) in [6.07, 6.45) is 0.216. The first kappa shape index (κ1) is 33.0. The van der Waals surface area contributed by atoms with E-state index in [4.69, 9.17) is 22.1 Å². The van der Waals surface area contributed by atoms with Crippen LogP contribution in [0.3, 0.4) is 0 Å². The van der Waals surface area contributed by atoms with Crippen molar-refractivity contribution < 1.29 is 19.1 Å². The lowest BCUT2D eigenvalue weighted by atomic mass is 9.97. The maximum atomic E-state index is 13.6. The maximum absolute atomic E-state index is 13.6. The molecular formula is C35H38ClN5O4. The number of carbonyl (C=O) groups is 3. The number of urea groups is 1. The van der Waals surface area contributed by atoms with E-state index in [0.29, 0.717) is 36.2 Å². The summed E-state index contributed by atoms with van der Waals surface area (Å²) in [5.41, 5.74) is 9.73. The van der Waals surface area contributed by atoms with Crippen molar-refractivity contribution in [2.45, 2.75) is 38.4 Å². The van der Waals surface area contributed by atoms with Gasteiger partial charge in [0.1, 0.15) is 11.8 Å². The lowest BCUT2D eigenvalue weighted by Crippen LogP contribution is -2.50. The number of halogens is 1. The summed E-state index contributed by atoms with van der Waals surface area (Å²) in [7, 11) is 0. The molecule has 0 aliphatic rings. The predicted molar refractivity (Wildman–Crippen MR) is 177 cm³/mol. The Morgan fingerprint density at radius 3 is 2.07 bits per heavy atom. The third kappa shape index (κ3) is 10.4. The summed E-state index contributed by atoms with van der Waals surface area (Å²) >= 11 is 5.96. The lowest BCUT2D eigenvalue weighted by Gasteiger charge is -2.22. The second kappa shape index (κ2) is 16.8. The summed E-state index contributed by atoms with van der Waals surface area (Å²) in [5, 5.41) is 11.9. The van der Waals surface area contributed by atoms with Crippen LogP contribution in [0.4, 0.5) is 10.5 Å². The van der Waals surface area contributed by atoms with Crippen molar-refractivity contribution in [3.63, 3.8) is 0 Å². The minimum Gasteiger partial charge on any atom is -0.494 e. The smallest absolute Gasteiger partial charge is 0.319 e. The highest BCUT2D eigenvalue weighted by Crippen LogP contribution is 2.18. The van der Waals surface area contributed by atoms with Crippen LogP contribution in [-0.4, -0.2) is 37.0 Å². The first-order valence-electron chi connectivity index (χ1n) is 14.8. The van der Waals surface area contributed by atoms with Gasteiger partial charge >= 0.3 is 6.03 Å². The van der Waals surface area contributed by atoms with Gasteiger partial charge in [-0.2, -0.15) is 0 Å². The summed E-state index contributed by atoms with van der Waals surface area (Å²) < 4.78 is 5.53. The second-order valence-corrected chi connectivity index (χ2v) is 10.8. The molecule has 2 atom stereocenters. The van der Waals surface area contributed by atoms with Crippen LogP contribution in [0.25, 0.3) is 0 Å². The van der Waals surface area contributed by atoms with E-state index in [1.54, 1.807) is 24.3 Å². The monoisotopic (exact) mass is 627 g/mol.